The second-order valence-corrected chi connectivity index (χ2v) is 4.40. The lowest BCUT2D eigenvalue weighted by Gasteiger charge is -2.09. The fourth-order valence-corrected chi connectivity index (χ4v) is 2.06. The van der Waals surface area contributed by atoms with Crippen molar-refractivity contribution in [2.24, 2.45) is 0 Å². The molecular weight excluding hydrogens is 184 g/mol. The van der Waals surface area contributed by atoms with Gasteiger partial charge in [-0.2, -0.15) is 0 Å². The second kappa shape index (κ2) is 3.61. The molecule has 0 unspecified atom stereocenters. The Labute approximate surface area is 91.2 Å². The summed E-state index contributed by atoms with van der Waals surface area (Å²) in [7, 11) is 0. The van der Waals surface area contributed by atoms with Crippen LogP contribution in [0.2, 0.25) is 0 Å². The number of aromatic nitrogens is 2. The molecule has 0 aliphatic rings. The Morgan fingerprint density at radius 2 is 1.20 bits per heavy atom. The molecular formula is C13H18N2. The lowest BCUT2D eigenvalue weighted by Crippen LogP contribution is -2.08. The molecule has 2 nitrogen and oxygen atoms in total. The fourth-order valence-electron chi connectivity index (χ4n) is 2.06. The molecule has 0 aromatic carbocycles. The van der Waals surface area contributed by atoms with Crippen molar-refractivity contribution in [2.75, 3.05) is 0 Å². The van der Waals surface area contributed by atoms with Gasteiger partial charge in [0.25, 0.3) is 0 Å². The lowest BCUT2D eigenvalue weighted by molar-refractivity contribution is 0.588. The van der Waals surface area contributed by atoms with Gasteiger partial charge in [0.2, 0.25) is 0 Å². The minimum atomic E-state index is 0.916. The molecule has 2 aromatic rings. The van der Waals surface area contributed by atoms with E-state index in [0.717, 1.165) is 6.67 Å². The minimum Gasteiger partial charge on any atom is -0.333 e. The Balaban J connectivity index is 2.29. The normalized spacial score (nSPS) is 10.9. The highest BCUT2D eigenvalue weighted by atomic mass is 15.2. The van der Waals surface area contributed by atoms with Crippen LogP contribution in [0.4, 0.5) is 0 Å². The Kier molecular flexibility index (Phi) is 2.43. The molecule has 80 valence electrons. The van der Waals surface area contributed by atoms with Crippen molar-refractivity contribution in [3.05, 3.63) is 47.0 Å². The highest BCUT2D eigenvalue weighted by Crippen LogP contribution is 2.10. The van der Waals surface area contributed by atoms with Crippen molar-refractivity contribution in [3.8, 4) is 0 Å². The summed E-state index contributed by atoms with van der Waals surface area (Å²) in [6.07, 6.45) is 4.40. The first-order valence-corrected chi connectivity index (χ1v) is 5.33. The van der Waals surface area contributed by atoms with Gasteiger partial charge in [0.15, 0.2) is 0 Å². The highest BCUT2D eigenvalue weighted by molar-refractivity contribution is 5.18. The summed E-state index contributed by atoms with van der Waals surface area (Å²) in [6.45, 7) is 9.49. The third-order valence-corrected chi connectivity index (χ3v) is 2.80. The first-order chi connectivity index (χ1) is 7.06. The molecule has 0 saturated heterocycles. The summed E-state index contributed by atoms with van der Waals surface area (Å²) in [5.74, 6) is 0. The van der Waals surface area contributed by atoms with Gasteiger partial charge in [0.1, 0.15) is 0 Å². The van der Waals surface area contributed by atoms with Crippen LogP contribution in [0.5, 0.6) is 0 Å². The topological polar surface area (TPSA) is 9.86 Å². The SMILES string of the molecule is Cc1cc(C)n(Cn2cc(C)cc2C)c1. The van der Waals surface area contributed by atoms with Crippen LogP contribution in [0.1, 0.15) is 22.5 Å². The average Bonchev–Trinajstić information content (AvgIpc) is 2.58. The lowest BCUT2D eigenvalue weighted by atomic mass is 10.4. The van der Waals surface area contributed by atoms with Crippen LogP contribution in [0.25, 0.3) is 0 Å². The van der Waals surface area contributed by atoms with E-state index in [1.54, 1.807) is 0 Å². The van der Waals surface area contributed by atoms with Crippen LogP contribution in [-0.4, -0.2) is 9.13 Å². The fraction of sp³-hybridized carbons (Fsp3) is 0.385. The van der Waals surface area contributed by atoms with Crippen molar-refractivity contribution in [2.45, 2.75) is 34.4 Å². The number of rotatable bonds is 2. The third kappa shape index (κ3) is 1.99. The zero-order chi connectivity index (χ0) is 11.0. The number of hydrogen-bond acceptors (Lipinski definition) is 0. The van der Waals surface area contributed by atoms with Gasteiger partial charge < -0.3 is 9.13 Å². The molecule has 0 amide bonds. The summed E-state index contributed by atoms with van der Waals surface area (Å²) < 4.78 is 4.56. The molecule has 0 spiro atoms. The molecule has 0 atom stereocenters. The van der Waals surface area contributed by atoms with E-state index in [2.05, 4.69) is 61.4 Å². The highest BCUT2D eigenvalue weighted by Gasteiger charge is 2.02. The van der Waals surface area contributed by atoms with E-state index in [4.69, 9.17) is 0 Å². The van der Waals surface area contributed by atoms with Crippen LogP contribution in [0, 0.1) is 27.7 Å². The predicted octanol–water partition coefficient (Wildman–Crippen LogP) is 3.03. The summed E-state index contributed by atoms with van der Waals surface area (Å²) >= 11 is 0. The predicted molar refractivity (Wildman–Crippen MR) is 63.2 cm³/mol. The Morgan fingerprint density at radius 1 is 0.800 bits per heavy atom. The standard InChI is InChI=1S/C13H18N2/c1-10-5-12(3)14(7-10)9-15-8-11(2)6-13(15)4/h5-8H,9H2,1-4H3. The Bertz CT molecular complexity index is 430. The van der Waals surface area contributed by atoms with Crippen molar-refractivity contribution in [1.29, 1.82) is 0 Å². The van der Waals surface area contributed by atoms with Crippen LogP contribution < -0.4 is 0 Å². The Morgan fingerprint density at radius 3 is 1.47 bits per heavy atom. The third-order valence-electron chi connectivity index (χ3n) is 2.80. The van der Waals surface area contributed by atoms with Crippen molar-refractivity contribution < 1.29 is 0 Å². The van der Waals surface area contributed by atoms with Crippen molar-refractivity contribution in [3.63, 3.8) is 0 Å². The molecule has 2 rings (SSSR count). The van der Waals surface area contributed by atoms with Gasteiger partial charge in [-0.15, -0.1) is 0 Å². The number of hydrogen-bond donors (Lipinski definition) is 0. The molecule has 2 heterocycles. The summed E-state index contributed by atoms with van der Waals surface area (Å²) in [5, 5.41) is 0. The van der Waals surface area contributed by atoms with E-state index >= 15 is 0 Å². The van der Waals surface area contributed by atoms with Crippen LogP contribution in [0.3, 0.4) is 0 Å². The zero-order valence-corrected chi connectivity index (χ0v) is 9.91. The largest absolute Gasteiger partial charge is 0.333 e. The monoisotopic (exact) mass is 202 g/mol. The molecule has 0 N–H and O–H groups in total. The maximum Gasteiger partial charge on any atom is 0.0981 e. The first-order valence-electron chi connectivity index (χ1n) is 5.33. The van der Waals surface area contributed by atoms with Gasteiger partial charge in [-0.05, 0) is 51.0 Å². The zero-order valence-electron chi connectivity index (χ0n) is 9.91. The van der Waals surface area contributed by atoms with E-state index in [9.17, 15) is 0 Å². The van der Waals surface area contributed by atoms with Gasteiger partial charge in [-0.3, -0.25) is 0 Å². The van der Waals surface area contributed by atoms with Crippen LogP contribution in [0.15, 0.2) is 24.5 Å². The van der Waals surface area contributed by atoms with E-state index in [1.165, 1.54) is 22.5 Å². The van der Waals surface area contributed by atoms with Gasteiger partial charge in [-0.25, -0.2) is 0 Å². The van der Waals surface area contributed by atoms with Gasteiger partial charge in [0, 0.05) is 23.8 Å². The molecule has 0 aliphatic carbocycles. The molecule has 2 aromatic heterocycles. The van der Waals surface area contributed by atoms with E-state index in [-0.39, 0.29) is 0 Å². The molecule has 0 aliphatic heterocycles. The Hall–Kier alpha value is -1.44. The van der Waals surface area contributed by atoms with Crippen LogP contribution in [-0.2, 0) is 6.67 Å². The maximum absolute atomic E-state index is 2.28. The van der Waals surface area contributed by atoms with E-state index in [0.29, 0.717) is 0 Å². The number of nitrogens with zero attached hydrogens (tertiary/aromatic N) is 2. The quantitative estimate of drug-likeness (QED) is 0.708. The molecule has 0 radical (unpaired) electrons. The number of aryl methyl sites for hydroxylation is 4. The van der Waals surface area contributed by atoms with Crippen molar-refractivity contribution >= 4 is 0 Å². The molecule has 0 fully saturated rings. The molecule has 0 bridgehead atoms. The summed E-state index contributed by atoms with van der Waals surface area (Å²) in [6, 6.07) is 4.43. The van der Waals surface area contributed by atoms with Crippen molar-refractivity contribution in [1.82, 2.24) is 9.13 Å². The first kappa shape index (κ1) is 10.1. The average molecular weight is 202 g/mol. The van der Waals surface area contributed by atoms with Gasteiger partial charge in [-0.1, -0.05) is 0 Å². The molecule has 15 heavy (non-hydrogen) atoms. The molecule has 0 saturated carbocycles. The van der Waals surface area contributed by atoms with Gasteiger partial charge >= 0.3 is 0 Å². The summed E-state index contributed by atoms with van der Waals surface area (Å²) in [5.41, 5.74) is 5.29. The summed E-state index contributed by atoms with van der Waals surface area (Å²) in [4.78, 5) is 0. The maximum atomic E-state index is 2.28. The smallest absolute Gasteiger partial charge is 0.0981 e. The van der Waals surface area contributed by atoms with Gasteiger partial charge in [0.05, 0.1) is 6.67 Å². The minimum absolute atomic E-state index is 0.916. The second-order valence-electron chi connectivity index (χ2n) is 4.40. The van der Waals surface area contributed by atoms with Crippen LogP contribution >= 0.6 is 0 Å². The molecule has 2 heteroatoms. The van der Waals surface area contributed by atoms with E-state index < -0.39 is 0 Å². The van der Waals surface area contributed by atoms with E-state index in [1.807, 2.05) is 0 Å².